The molecule has 0 spiro atoms. The van der Waals surface area contributed by atoms with Crippen LogP contribution < -0.4 is 5.32 Å². The van der Waals surface area contributed by atoms with Gasteiger partial charge in [0.15, 0.2) is 5.96 Å². The average molecular weight is 513 g/mol. The molecule has 0 aliphatic carbocycles. The van der Waals surface area contributed by atoms with Crippen LogP contribution in [0.15, 0.2) is 29.3 Å². The predicted octanol–water partition coefficient (Wildman–Crippen LogP) is 3.20. The Hall–Kier alpha value is -1.84. The number of likely N-dealkylation sites (tertiary alicyclic amines) is 1. The molecule has 1 N–H and O–H groups in total. The summed E-state index contributed by atoms with van der Waals surface area (Å²) in [5.74, 6) is 1.71. The third-order valence-electron chi connectivity index (χ3n) is 5.11. The quantitative estimate of drug-likeness (QED) is 0.278. The Labute approximate surface area is 189 Å². The van der Waals surface area contributed by atoms with Gasteiger partial charge in [0, 0.05) is 26.2 Å². The number of nitrogens with zero attached hydrogens (tertiary/aromatic N) is 4. The molecule has 1 saturated heterocycles. The molecule has 1 unspecified atom stereocenters. The van der Waals surface area contributed by atoms with Crippen LogP contribution in [0, 0.1) is 12.8 Å². The van der Waals surface area contributed by atoms with Gasteiger partial charge in [-0.05, 0) is 45.7 Å². The SMILES string of the molecule is CCNC(=NCCn1c(C)nc2ccccc21)N1CCCC(C(=O)OCC)C1.I. The zero-order chi connectivity index (χ0) is 19.9. The molecule has 0 radical (unpaired) electrons. The van der Waals surface area contributed by atoms with Crippen LogP contribution in [0.5, 0.6) is 0 Å². The average Bonchev–Trinajstić information content (AvgIpc) is 3.03. The topological polar surface area (TPSA) is 71.8 Å². The lowest BCUT2D eigenvalue weighted by Crippen LogP contribution is -2.48. The van der Waals surface area contributed by atoms with Crippen LogP contribution in [-0.2, 0) is 16.1 Å². The number of carbonyl (C=O) groups is 1. The standard InChI is InChI=1S/C21H31N5O2.HI/c1-4-22-21(25-13-8-9-17(15-25)20(27)28-5-2)23-12-14-26-16(3)24-18-10-6-7-11-19(18)26;/h6-7,10-11,17H,4-5,8-9,12-15H2,1-3H3,(H,22,23);1H. The zero-order valence-electron chi connectivity index (χ0n) is 17.6. The number of rotatable bonds is 6. The van der Waals surface area contributed by atoms with Gasteiger partial charge in [0.25, 0.3) is 0 Å². The van der Waals surface area contributed by atoms with Crippen molar-refractivity contribution < 1.29 is 9.53 Å². The molecule has 0 saturated carbocycles. The molecule has 0 bridgehead atoms. The van der Waals surface area contributed by atoms with Gasteiger partial charge in [-0.1, -0.05) is 12.1 Å². The maximum Gasteiger partial charge on any atom is 0.310 e. The summed E-state index contributed by atoms with van der Waals surface area (Å²) in [5, 5.41) is 3.37. The number of carbonyl (C=O) groups excluding carboxylic acids is 1. The van der Waals surface area contributed by atoms with Crippen molar-refractivity contribution in [3.8, 4) is 0 Å². The number of para-hydroxylation sites is 2. The number of aliphatic imine (C=N–C) groups is 1. The summed E-state index contributed by atoms with van der Waals surface area (Å²) in [6, 6.07) is 8.18. The number of ether oxygens (including phenoxy) is 1. The third kappa shape index (κ3) is 5.83. The molecule has 1 aliphatic heterocycles. The summed E-state index contributed by atoms with van der Waals surface area (Å²) in [6.07, 6.45) is 1.86. The van der Waals surface area contributed by atoms with Crippen LogP contribution in [0.4, 0.5) is 0 Å². The number of halogens is 1. The number of guanidine groups is 1. The number of fused-ring (bicyclic) bond motifs is 1. The molecule has 3 rings (SSSR count). The lowest BCUT2D eigenvalue weighted by molar-refractivity contribution is -0.149. The molecule has 0 amide bonds. The number of esters is 1. The number of imidazole rings is 1. The lowest BCUT2D eigenvalue weighted by Gasteiger charge is -2.34. The fourth-order valence-electron chi connectivity index (χ4n) is 3.78. The normalized spacial score (nSPS) is 17.1. The first-order valence-electron chi connectivity index (χ1n) is 10.3. The third-order valence-corrected chi connectivity index (χ3v) is 5.11. The molecule has 1 aromatic heterocycles. The molecule has 1 fully saturated rings. The molecule has 8 heteroatoms. The van der Waals surface area contributed by atoms with Crippen LogP contribution >= 0.6 is 24.0 Å². The fourth-order valence-corrected chi connectivity index (χ4v) is 3.78. The van der Waals surface area contributed by atoms with E-state index in [4.69, 9.17) is 9.73 Å². The van der Waals surface area contributed by atoms with Crippen molar-refractivity contribution >= 4 is 46.9 Å². The van der Waals surface area contributed by atoms with Gasteiger partial charge in [-0.3, -0.25) is 9.79 Å². The van der Waals surface area contributed by atoms with Crippen LogP contribution in [0.25, 0.3) is 11.0 Å². The van der Waals surface area contributed by atoms with Crippen LogP contribution in [-0.4, -0.2) is 59.2 Å². The summed E-state index contributed by atoms with van der Waals surface area (Å²) >= 11 is 0. The van der Waals surface area contributed by atoms with Crippen molar-refractivity contribution in [2.75, 3.05) is 32.8 Å². The Balaban J connectivity index is 0.00000300. The van der Waals surface area contributed by atoms with E-state index in [9.17, 15) is 4.79 Å². The molecular formula is C21H32IN5O2. The molecule has 2 aromatic rings. The Morgan fingerprint density at radius 3 is 2.90 bits per heavy atom. The van der Waals surface area contributed by atoms with Crippen molar-refractivity contribution in [1.82, 2.24) is 19.8 Å². The maximum atomic E-state index is 12.1. The van der Waals surface area contributed by atoms with E-state index < -0.39 is 0 Å². The van der Waals surface area contributed by atoms with E-state index in [1.807, 2.05) is 32.0 Å². The summed E-state index contributed by atoms with van der Waals surface area (Å²) in [7, 11) is 0. The first-order valence-corrected chi connectivity index (χ1v) is 10.3. The molecule has 29 heavy (non-hydrogen) atoms. The smallest absolute Gasteiger partial charge is 0.310 e. The van der Waals surface area contributed by atoms with E-state index in [1.165, 1.54) is 0 Å². The van der Waals surface area contributed by atoms with Crippen molar-refractivity contribution in [3.05, 3.63) is 30.1 Å². The number of benzene rings is 1. The first kappa shape index (κ1) is 23.4. The number of hydrogen-bond acceptors (Lipinski definition) is 4. The van der Waals surface area contributed by atoms with Gasteiger partial charge in [-0.2, -0.15) is 0 Å². The van der Waals surface area contributed by atoms with Crippen LogP contribution in [0.1, 0.15) is 32.5 Å². The molecule has 1 aromatic carbocycles. The second kappa shape index (κ2) is 11.4. The summed E-state index contributed by atoms with van der Waals surface area (Å²) in [5.41, 5.74) is 2.16. The van der Waals surface area contributed by atoms with E-state index in [2.05, 4.69) is 32.8 Å². The van der Waals surface area contributed by atoms with Crippen molar-refractivity contribution in [2.45, 2.75) is 40.2 Å². The van der Waals surface area contributed by atoms with E-state index in [1.54, 1.807) is 0 Å². The zero-order valence-corrected chi connectivity index (χ0v) is 19.9. The van der Waals surface area contributed by atoms with Gasteiger partial charge in [-0.25, -0.2) is 4.98 Å². The highest BCUT2D eigenvalue weighted by Crippen LogP contribution is 2.18. The Morgan fingerprint density at radius 1 is 1.34 bits per heavy atom. The van der Waals surface area contributed by atoms with E-state index >= 15 is 0 Å². The molecular weight excluding hydrogens is 481 g/mol. The predicted molar refractivity (Wildman–Crippen MR) is 127 cm³/mol. The fraction of sp³-hybridized carbons (Fsp3) is 0.571. The molecule has 2 heterocycles. The molecule has 1 aliphatic rings. The van der Waals surface area contributed by atoms with Crippen LogP contribution in [0.3, 0.4) is 0 Å². The summed E-state index contributed by atoms with van der Waals surface area (Å²) < 4.78 is 7.43. The monoisotopic (exact) mass is 513 g/mol. The van der Waals surface area contributed by atoms with Gasteiger partial charge in [-0.15, -0.1) is 24.0 Å². The number of piperidine rings is 1. The highest BCUT2D eigenvalue weighted by Gasteiger charge is 2.28. The Bertz CT molecular complexity index is 836. The van der Waals surface area contributed by atoms with Crippen LogP contribution in [0.2, 0.25) is 0 Å². The molecule has 160 valence electrons. The highest BCUT2D eigenvalue weighted by molar-refractivity contribution is 14.0. The molecule has 1 atom stereocenters. The minimum atomic E-state index is -0.0939. The van der Waals surface area contributed by atoms with Gasteiger partial charge >= 0.3 is 5.97 Å². The second-order valence-corrected chi connectivity index (χ2v) is 7.07. The molecule has 7 nitrogen and oxygen atoms in total. The lowest BCUT2D eigenvalue weighted by atomic mass is 9.98. The summed E-state index contributed by atoms with van der Waals surface area (Å²) in [6.45, 7) is 10.2. The minimum Gasteiger partial charge on any atom is -0.466 e. The highest BCUT2D eigenvalue weighted by atomic mass is 127. The van der Waals surface area contributed by atoms with Gasteiger partial charge in [0.1, 0.15) is 5.82 Å². The van der Waals surface area contributed by atoms with Crippen molar-refractivity contribution in [1.29, 1.82) is 0 Å². The van der Waals surface area contributed by atoms with Gasteiger partial charge in [0.05, 0.1) is 30.1 Å². The van der Waals surface area contributed by atoms with Crippen molar-refractivity contribution in [3.63, 3.8) is 0 Å². The Morgan fingerprint density at radius 2 is 2.14 bits per heavy atom. The number of aromatic nitrogens is 2. The summed E-state index contributed by atoms with van der Waals surface area (Å²) in [4.78, 5) is 23.8. The van der Waals surface area contributed by atoms with Gasteiger partial charge < -0.3 is 19.5 Å². The maximum absolute atomic E-state index is 12.1. The van der Waals surface area contributed by atoms with E-state index in [0.717, 1.165) is 55.3 Å². The minimum absolute atomic E-state index is 0. The number of hydrogen-bond donors (Lipinski definition) is 1. The van der Waals surface area contributed by atoms with Crippen molar-refractivity contribution in [2.24, 2.45) is 10.9 Å². The first-order chi connectivity index (χ1) is 13.6. The van der Waals surface area contributed by atoms with Gasteiger partial charge in [0.2, 0.25) is 0 Å². The van der Waals surface area contributed by atoms with E-state index in [-0.39, 0.29) is 35.9 Å². The Kier molecular flexibility index (Phi) is 9.19. The largest absolute Gasteiger partial charge is 0.466 e. The van der Waals surface area contributed by atoms with E-state index in [0.29, 0.717) is 19.7 Å². The number of aryl methyl sites for hydroxylation is 1. The second-order valence-electron chi connectivity index (χ2n) is 7.07. The number of nitrogens with one attached hydrogen (secondary N) is 1.